The van der Waals surface area contributed by atoms with Gasteiger partial charge in [-0.05, 0) is 72.5 Å². The molecule has 0 heterocycles. The largest absolute Gasteiger partial charge is 1.00 e. The number of nitrogens with zero attached hydrogens (tertiary/aromatic N) is 1. The second kappa shape index (κ2) is 12.7. The molecule has 4 heteroatoms. The molecule has 0 saturated carbocycles. The molecule has 4 rings (SSSR count). The van der Waals surface area contributed by atoms with E-state index in [0.717, 1.165) is 0 Å². The van der Waals surface area contributed by atoms with Gasteiger partial charge < -0.3 is 33.2 Å². The van der Waals surface area contributed by atoms with Crippen molar-refractivity contribution < 1.29 is 38.0 Å². The number of carbonyl (C=O) groups excluding carboxylic acids is 1. The second-order valence-electron chi connectivity index (χ2n) is 11.0. The van der Waals surface area contributed by atoms with Crippen LogP contribution in [0.2, 0.25) is 0 Å². The molecule has 4 aromatic carbocycles. The van der Waals surface area contributed by atoms with Gasteiger partial charge in [-0.2, -0.15) is 0 Å². The van der Waals surface area contributed by atoms with Gasteiger partial charge in [-0.1, -0.05) is 97.1 Å². The summed E-state index contributed by atoms with van der Waals surface area (Å²) in [4.78, 5) is 13.1. The minimum atomic E-state index is -0.520. The molecule has 198 valence electrons. The highest BCUT2D eigenvalue weighted by molar-refractivity contribution is 5.91. The molecule has 0 aliphatic carbocycles. The molecule has 0 saturated heterocycles. The van der Waals surface area contributed by atoms with Crippen molar-refractivity contribution in [2.45, 2.75) is 39.3 Å². The SMILES string of the molecule is CC(C(=O)OC(C)(C)C)[N+](C)(C/C=C/c1cccc2ccccc12)C/C=C/c1cccc2ccccc12.[I-]. The van der Waals surface area contributed by atoms with Crippen LogP contribution in [-0.4, -0.2) is 42.2 Å². The molecule has 1 atom stereocenters. The lowest BCUT2D eigenvalue weighted by molar-refractivity contribution is -0.912. The number of likely N-dealkylation sites (N-methyl/N-ethyl adjacent to an activating group) is 1. The van der Waals surface area contributed by atoms with E-state index in [2.05, 4.69) is 116 Å². The molecular formula is C34H38INO2. The number of carbonyl (C=O) groups is 1. The van der Waals surface area contributed by atoms with Crippen molar-refractivity contribution in [1.29, 1.82) is 0 Å². The van der Waals surface area contributed by atoms with E-state index in [4.69, 9.17) is 4.74 Å². The Hall–Kier alpha value is -2.96. The monoisotopic (exact) mass is 619 g/mol. The molecule has 0 aliphatic heterocycles. The van der Waals surface area contributed by atoms with Crippen LogP contribution in [0, 0.1) is 0 Å². The summed E-state index contributed by atoms with van der Waals surface area (Å²) in [5.74, 6) is -0.174. The highest BCUT2D eigenvalue weighted by Crippen LogP contribution is 2.23. The highest BCUT2D eigenvalue weighted by atomic mass is 127. The van der Waals surface area contributed by atoms with Crippen LogP contribution in [0.4, 0.5) is 0 Å². The van der Waals surface area contributed by atoms with Gasteiger partial charge in [0.25, 0.3) is 0 Å². The average Bonchev–Trinajstić information content (AvgIpc) is 2.87. The minimum Gasteiger partial charge on any atom is -1.00 e. The maximum Gasteiger partial charge on any atom is 0.365 e. The predicted molar refractivity (Wildman–Crippen MR) is 157 cm³/mol. The fourth-order valence-electron chi connectivity index (χ4n) is 4.66. The molecule has 0 fully saturated rings. The Balaban J connectivity index is 0.00000400. The lowest BCUT2D eigenvalue weighted by Gasteiger charge is -2.38. The summed E-state index contributed by atoms with van der Waals surface area (Å²) in [6.07, 6.45) is 8.73. The zero-order chi connectivity index (χ0) is 26.5. The Labute approximate surface area is 244 Å². The third kappa shape index (κ3) is 7.33. The maximum atomic E-state index is 13.1. The number of fused-ring (bicyclic) bond motifs is 2. The average molecular weight is 620 g/mol. The number of benzene rings is 4. The van der Waals surface area contributed by atoms with Gasteiger partial charge >= 0.3 is 5.97 Å². The van der Waals surface area contributed by atoms with Gasteiger partial charge in [-0.25, -0.2) is 4.79 Å². The first-order chi connectivity index (χ1) is 17.7. The fourth-order valence-corrected chi connectivity index (χ4v) is 4.66. The first kappa shape index (κ1) is 29.6. The van der Waals surface area contributed by atoms with Crippen molar-refractivity contribution in [2.75, 3.05) is 20.1 Å². The van der Waals surface area contributed by atoms with Crippen LogP contribution in [0.3, 0.4) is 0 Å². The van der Waals surface area contributed by atoms with Crippen molar-refractivity contribution in [3.63, 3.8) is 0 Å². The molecule has 0 N–H and O–H groups in total. The Morgan fingerprint density at radius 2 is 1.18 bits per heavy atom. The van der Waals surface area contributed by atoms with Crippen molar-refractivity contribution in [3.05, 3.63) is 108 Å². The van der Waals surface area contributed by atoms with Gasteiger partial charge in [0.1, 0.15) is 5.60 Å². The van der Waals surface area contributed by atoms with E-state index in [-0.39, 0.29) is 36.0 Å². The summed E-state index contributed by atoms with van der Waals surface area (Å²) in [6, 6.07) is 29.2. The lowest BCUT2D eigenvalue weighted by atomic mass is 10.0. The van der Waals surface area contributed by atoms with Gasteiger partial charge in [0.2, 0.25) is 0 Å². The molecule has 3 nitrogen and oxygen atoms in total. The number of hydrogen-bond acceptors (Lipinski definition) is 2. The molecule has 1 unspecified atom stereocenters. The first-order valence-electron chi connectivity index (χ1n) is 13.0. The molecule has 0 aliphatic rings. The zero-order valence-electron chi connectivity index (χ0n) is 23.0. The van der Waals surface area contributed by atoms with Crippen LogP contribution in [0.1, 0.15) is 38.8 Å². The Morgan fingerprint density at radius 1 is 0.763 bits per heavy atom. The molecule has 4 aromatic rings. The van der Waals surface area contributed by atoms with E-state index in [1.165, 1.54) is 32.7 Å². The minimum absolute atomic E-state index is 0. The smallest absolute Gasteiger partial charge is 0.365 e. The fraction of sp³-hybridized carbons (Fsp3) is 0.265. The van der Waals surface area contributed by atoms with Crippen LogP contribution in [0.5, 0.6) is 0 Å². The predicted octanol–water partition coefficient (Wildman–Crippen LogP) is 4.90. The topological polar surface area (TPSA) is 26.3 Å². The first-order valence-corrected chi connectivity index (χ1v) is 13.0. The Kier molecular flexibility index (Phi) is 9.91. The van der Waals surface area contributed by atoms with Crippen LogP contribution < -0.4 is 24.0 Å². The number of halogens is 1. The van der Waals surface area contributed by atoms with Crippen LogP contribution >= 0.6 is 0 Å². The van der Waals surface area contributed by atoms with E-state index in [9.17, 15) is 4.79 Å². The molecule has 0 spiro atoms. The number of quaternary nitrogens is 1. The van der Waals surface area contributed by atoms with Gasteiger partial charge in [-0.3, -0.25) is 0 Å². The lowest BCUT2D eigenvalue weighted by Crippen LogP contribution is -3.00. The van der Waals surface area contributed by atoms with Gasteiger partial charge in [-0.15, -0.1) is 0 Å². The maximum absolute atomic E-state index is 13.1. The van der Waals surface area contributed by atoms with E-state index < -0.39 is 5.60 Å². The molecule has 0 amide bonds. The third-order valence-electron chi connectivity index (χ3n) is 6.97. The standard InChI is InChI=1S/C34H38NO2.HI/c1-26(33(36)37-34(2,3)4)35(5,24-12-20-29-18-10-16-27-14-6-8-22-31(27)29)25-13-21-30-19-11-17-28-15-7-9-23-32(28)30;/h6-23,26H,24-25H2,1-5H3;1H/q+1;/p-1/b20-12+,21-13+;. The summed E-state index contributed by atoms with van der Waals surface area (Å²) in [7, 11) is 2.13. The summed E-state index contributed by atoms with van der Waals surface area (Å²) in [5, 5.41) is 4.90. The molecule has 38 heavy (non-hydrogen) atoms. The molecular weight excluding hydrogens is 581 g/mol. The number of ether oxygens (including phenoxy) is 1. The molecule has 0 aromatic heterocycles. The van der Waals surface area contributed by atoms with Crippen molar-refractivity contribution in [3.8, 4) is 0 Å². The number of rotatable bonds is 8. The van der Waals surface area contributed by atoms with Crippen molar-refractivity contribution in [2.24, 2.45) is 0 Å². The number of hydrogen-bond donors (Lipinski definition) is 0. The van der Waals surface area contributed by atoms with E-state index in [1.807, 2.05) is 27.7 Å². The van der Waals surface area contributed by atoms with Gasteiger partial charge in [0, 0.05) is 0 Å². The summed E-state index contributed by atoms with van der Waals surface area (Å²) >= 11 is 0. The van der Waals surface area contributed by atoms with Gasteiger partial charge in [0.15, 0.2) is 6.04 Å². The summed E-state index contributed by atoms with van der Waals surface area (Å²) in [6.45, 7) is 9.13. The summed E-state index contributed by atoms with van der Waals surface area (Å²) < 4.78 is 6.30. The van der Waals surface area contributed by atoms with Crippen molar-refractivity contribution in [1.82, 2.24) is 0 Å². The molecule has 0 radical (unpaired) electrons. The summed E-state index contributed by atoms with van der Waals surface area (Å²) in [5.41, 5.74) is 1.84. The number of esters is 1. The Morgan fingerprint density at radius 3 is 1.63 bits per heavy atom. The van der Waals surface area contributed by atoms with Gasteiger partial charge in [0.05, 0.1) is 20.1 Å². The van der Waals surface area contributed by atoms with E-state index in [1.54, 1.807) is 0 Å². The van der Waals surface area contributed by atoms with E-state index >= 15 is 0 Å². The third-order valence-corrected chi connectivity index (χ3v) is 6.97. The Bertz CT molecular complexity index is 1350. The quantitative estimate of drug-likeness (QED) is 0.160. The highest BCUT2D eigenvalue weighted by Gasteiger charge is 2.36. The van der Waals surface area contributed by atoms with Crippen LogP contribution in [-0.2, 0) is 9.53 Å². The molecule has 0 bridgehead atoms. The zero-order valence-corrected chi connectivity index (χ0v) is 25.2. The van der Waals surface area contributed by atoms with Crippen LogP contribution in [0.25, 0.3) is 33.7 Å². The normalized spacial score (nSPS) is 13.2. The van der Waals surface area contributed by atoms with Crippen LogP contribution in [0.15, 0.2) is 97.1 Å². The van der Waals surface area contributed by atoms with E-state index in [0.29, 0.717) is 17.6 Å². The second-order valence-corrected chi connectivity index (χ2v) is 11.0. The van der Waals surface area contributed by atoms with Crippen molar-refractivity contribution >= 4 is 39.7 Å².